The maximum Gasteiger partial charge on any atom is 0.304 e. The topological polar surface area (TPSA) is 106 Å². The minimum Gasteiger partial charge on any atom is -0.504 e. The Hall–Kier alpha value is -3.33. The Morgan fingerprint density at radius 1 is 1.36 bits per heavy atom. The largest absolute Gasteiger partial charge is 0.504 e. The average molecular weight is 460 g/mol. The number of carboxylic acid groups (broad SMARTS) is 1. The first-order valence-corrected chi connectivity index (χ1v) is 10.6. The van der Waals surface area contributed by atoms with Crippen molar-refractivity contribution in [1.82, 2.24) is 0 Å². The number of benzene rings is 2. The summed E-state index contributed by atoms with van der Waals surface area (Å²) in [7, 11) is 0. The van der Waals surface area contributed by atoms with E-state index in [1.54, 1.807) is 17.0 Å². The number of rotatable bonds is 6. The Balaban J connectivity index is 1.79. The number of phenolic OH excluding ortho intramolecular Hbond substituents is 1. The zero-order chi connectivity index (χ0) is 24.7. The van der Waals surface area contributed by atoms with Gasteiger partial charge in [-0.2, -0.15) is 0 Å². The SMILES string of the molecule is [2H]C1(CC(=O)O)C(=O)c2c(cc(N3CCOCC3)c(F)c2O)OC1(C)COc1ccccc1C. The summed E-state index contributed by atoms with van der Waals surface area (Å²) in [5.74, 6) is -6.49. The predicted molar refractivity (Wildman–Crippen MR) is 117 cm³/mol. The Labute approximate surface area is 191 Å². The number of halogens is 1. The number of hydrogen-bond donors (Lipinski definition) is 2. The fourth-order valence-electron chi connectivity index (χ4n) is 4.11. The molecule has 2 aromatic rings. The number of Topliss-reactive ketones (excluding diaryl/α,β-unsaturated/α-hetero) is 1. The Morgan fingerprint density at radius 2 is 2.06 bits per heavy atom. The molecule has 4 rings (SSSR count). The van der Waals surface area contributed by atoms with Crippen molar-refractivity contribution in [2.24, 2.45) is 5.89 Å². The molecule has 1 fully saturated rings. The van der Waals surface area contributed by atoms with Crippen LogP contribution in [0, 0.1) is 18.6 Å². The molecule has 9 heteroatoms. The number of phenols is 1. The van der Waals surface area contributed by atoms with Crippen molar-refractivity contribution in [3.05, 3.63) is 47.3 Å². The molecule has 0 bridgehead atoms. The molecule has 1 saturated heterocycles. The molecule has 33 heavy (non-hydrogen) atoms. The normalized spacial score (nSPS) is 25.1. The predicted octanol–water partition coefficient (Wildman–Crippen LogP) is 3.18. The molecule has 0 amide bonds. The van der Waals surface area contributed by atoms with Gasteiger partial charge in [-0.15, -0.1) is 0 Å². The van der Waals surface area contributed by atoms with E-state index < -0.39 is 46.8 Å². The summed E-state index contributed by atoms with van der Waals surface area (Å²) in [6.07, 6.45) is -0.925. The van der Waals surface area contributed by atoms with Crippen LogP contribution in [0.15, 0.2) is 30.3 Å². The number of para-hydroxylation sites is 1. The number of carbonyl (C=O) groups excluding carboxylic acids is 1. The monoisotopic (exact) mass is 460 g/mol. The number of ether oxygens (including phenoxy) is 3. The van der Waals surface area contributed by atoms with E-state index in [1.807, 2.05) is 19.1 Å². The second-order valence-electron chi connectivity index (χ2n) is 8.30. The number of hydrogen-bond acceptors (Lipinski definition) is 7. The van der Waals surface area contributed by atoms with Gasteiger partial charge in [0.1, 0.15) is 23.7 Å². The van der Waals surface area contributed by atoms with Crippen molar-refractivity contribution >= 4 is 17.4 Å². The van der Waals surface area contributed by atoms with Crippen LogP contribution in [-0.4, -0.2) is 60.5 Å². The highest BCUT2D eigenvalue weighted by Crippen LogP contribution is 2.46. The van der Waals surface area contributed by atoms with Gasteiger partial charge in [-0.1, -0.05) is 18.2 Å². The van der Waals surface area contributed by atoms with Gasteiger partial charge >= 0.3 is 5.97 Å². The van der Waals surface area contributed by atoms with E-state index in [0.717, 1.165) is 5.56 Å². The highest BCUT2D eigenvalue weighted by atomic mass is 19.1. The molecular weight excluding hydrogens is 433 g/mol. The first-order valence-electron chi connectivity index (χ1n) is 11.1. The van der Waals surface area contributed by atoms with E-state index in [-0.39, 0.29) is 18.0 Å². The zero-order valence-corrected chi connectivity index (χ0v) is 18.4. The molecule has 0 spiro atoms. The van der Waals surface area contributed by atoms with Gasteiger partial charge in [0, 0.05) is 20.5 Å². The van der Waals surface area contributed by atoms with E-state index in [1.165, 1.54) is 13.0 Å². The van der Waals surface area contributed by atoms with Crippen LogP contribution in [0.5, 0.6) is 17.2 Å². The fourth-order valence-corrected chi connectivity index (χ4v) is 4.11. The first-order chi connectivity index (χ1) is 16.1. The number of aryl methyl sites for hydroxylation is 1. The molecule has 2 aromatic carbocycles. The second kappa shape index (κ2) is 8.90. The van der Waals surface area contributed by atoms with Crippen molar-refractivity contribution in [3.8, 4) is 17.2 Å². The van der Waals surface area contributed by atoms with Crippen molar-refractivity contribution in [2.75, 3.05) is 37.8 Å². The molecule has 0 radical (unpaired) electrons. The maximum atomic E-state index is 15.1. The second-order valence-corrected chi connectivity index (χ2v) is 8.30. The zero-order valence-electron chi connectivity index (χ0n) is 19.4. The molecule has 2 heterocycles. The molecule has 2 aliphatic heterocycles. The molecule has 2 unspecified atom stereocenters. The summed E-state index contributed by atoms with van der Waals surface area (Å²) in [6, 6.07) is 8.41. The molecule has 8 nitrogen and oxygen atoms in total. The molecule has 0 saturated carbocycles. The van der Waals surface area contributed by atoms with E-state index in [2.05, 4.69) is 0 Å². The number of carbonyl (C=O) groups is 2. The van der Waals surface area contributed by atoms with Crippen molar-refractivity contribution in [3.63, 3.8) is 0 Å². The van der Waals surface area contributed by atoms with Gasteiger partial charge in [0.05, 0.1) is 31.2 Å². The van der Waals surface area contributed by atoms with Gasteiger partial charge in [-0.3, -0.25) is 9.59 Å². The van der Waals surface area contributed by atoms with E-state index in [4.69, 9.17) is 15.6 Å². The quantitative estimate of drug-likeness (QED) is 0.677. The number of morpholine rings is 1. The molecular formula is C24H26FNO7. The molecule has 0 aromatic heterocycles. The Morgan fingerprint density at radius 3 is 2.73 bits per heavy atom. The van der Waals surface area contributed by atoms with Crippen LogP contribution in [0.25, 0.3) is 0 Å². The van der Waals surface area contributed by atoms with Gasteiger partial charge in [-0.05, 0) is 25.5 Å². The lowest BCUT2D eigenvalue weighted by molar-refractivity contribution is -0.140. The van der Waals surface area contributed by atoms with Gasteiger partial charge in [-0.25, -0.2) is 4.39 Å². The van der Waals surface area contributed by atoms with E-state index in [0.29, 0.717) is 32.1 Å². The molecule has 176 valence electrons. The number of aromatic hydroxyl groups is 1. The number of ketones is 1. The third kappa shape index (κ3) is 4.32. The summed E-state index contributed by atoms with van der Waals surface area (Å²) >= 11 is 0. The third-order valence-electron chi connectivity index (χ3n) is 5.94. The minimum absolute atomic E-state index is 0.0326. The summed E-state index contributed by atoms with van der Waals surface area (Å²) in [4.78, 5) is 26.8. The van der Waals surface area contributed by atoms with Crippen molar-refractivity contribution in [2.45, 2.75) is 25.9 Å². The highest BCUT2D eigenvalue weighted by molar-refractivity contribution is 6.06. The Kier molecular flexibility index (Phi) is 5.80. The average Bonchev–Trinajstić information content (AvgIpc) is 2.80. The molecule has 2 atom stereocenters. The fraction of sp³-hybridized carbons (Fsp3) is 0.417. The van der Waals surface area contributed by atoms with Crippen LogP contribution in [0.3, 0.4) is 0 Å². The lowest BCUT2D eigenvalue weighted by atomic mass is 9.78. The highest BCUT2D eigenvalue weighted by Gasteiger charge is 2.50. The van der Waals surface area contributed by atoms with Crippen LogP contribution >= 0.6 is 0 Å². The van der Waals surface area contributed by atoms with Crippen LogP contribution in [0.4, 0.5) is 10.1 Å². The van der Waals surface area contributed by atoms with Crippen molar-refractivity contribution in [1.29, 1.82) is 0 Å². The standard InChI is InChI=1S/C24H26FNO7/c1-14-5-3-4-6-17(14)32-13-24(2)15(11-19(27)28)22(29)20-18(33-24)12-16(21(25)23(20)30)26-7-9-31-10-8-26/h3-6,12,15,30H,7-11,13H2,1-2H3,(H,27,28)/i15D. The van der Waals surface area contributed by atoms with Gasteiger partial charge in [0.2, 0.25) is 0 Å². The molecule has 2 aliphatic rings. The number of carboxylic acids is 1. The Bertz CT molecular complexity index is 1140. The van der Waals surface area contributed by atoms with Crippen LogP contribution in [0.2, 0.25) is 0 Å². The van der Waals surface area contributed by atoms with Crippen molar-refractivity contribution < 1.29 is 39.8 Å². The summed E-state index contributed by atoms with van der Waals surface area (Å²) in [5, 5.41) is 20.1. The lowest BCUT2D eigenvalue weighted by Gasteiger charge is -2.41. The van der Waals surface area contributed by atoms with Gasteiger partial charge in [0.25, 0.3) is 0 Å². The number of fused-ring (bicyclic) bond motifs is 1. The summed E-state index contributed by atoms with van der Waals surface area (Å²) in [6.45, 7) is 4.39. The first kappa shape index (κ1) is 21.5. The lowest BCUT2D eigenvalue weighted by Crippen LogP contribution is -2.53. The number of anilines is 1. The smallest absolute Gasteiger partial charge is 0.304 e. The summed E-state index contributed by atoms with van der Waals surface area (Å²) in [5.41, 5.74) is -1.47. The molecule has 2 N–H and O–H groups in total. The van der Waals surface area contributed by atoms with E-state index >= 15 is 4.39 Å². The number of aliphatic carboxylic acids is 1. The van der Waals surface area contributed by atoms with Gasteiger partial charge in [0.15, 0.2) is 23.0 Å². The molecule has 0 aliphatic carbocycles. The van der Waals surface area contributed by atoms with Crippen LogP contribution < -0.4 is 14.4 Å². The van der Waals surface area contributed by atoms with Crippen LogP contribution in [0.1, 0.15) is 30.6 Å². The van der Waals surface area contributed by atoms with E-state index in [9.17, 15) is 19.8 Å². The maximum absolute atomic E-state index is 15.1. The number of nitrogens with zero attached hydrogens (tertiary/aromatic N) is 1. The van der Waals surface area contributed by atoms with Gasteiger partial charge < -0.3 is 29.3 Å². The van der Waals surface area contributed by atoms with Crippen LogP contribution in [-0.2, 0) is 9.53 Å². The summed E-state index contributed by atoms with van der Waals surface area (Å²) < 4.78 is 41.2. The minimum atomic E-state index is -2.39. The third-order valence-corrected chi connectivity index (χ3v) is 5.94.